The summed E-state index contributed by atoms with van der Waals surface area (Å²) in [5.74, 6) is 1.68. The first kappa shape index (κ1) is 18.8. The van der Waals surface area contributed by atoms with E-state index in [1.54, 1.807) is 0 Å². The number of ether oxygens (including phenoxy) is 1. The standard InChI is InChI=1S/C19H29N5O/c1-6-20-19(22-13-17-14(3)23-24(5)15(17)4)21-12-16-10-8-9-11-18(16)25-7-2/h8-11H,6-7,12-13H2,1-5H3,(H2,20,21,22). The molecule has 0 atom stereocenters. The van der Waals surface area contributed by atoms with E-state index >= 15 is 0 Å². The first-order valence-corrected chi connectivity index (χ1v) is 8.78. The summed E-state index contributed by atoms with van der Waals surface area (Å²) in [5, 5.41) is 11.1. The summed E-state index contributed by atoms with van der Waals surface area (Å²) in [6, 6.07) is 8.02. The van der Waals surface area contributed by atoms with Gasteiger partial charge in [-0.1, -0.05) is 18.2 Å². The number of hydrogen-bond acceptors (Lipinski definition) is 3. The second kappa shape index (κ2) is 9.11. The van der Waals surface area contributed by atoms with Crippen molar-refractivity contribution in [3.8, 4) is 5.75 Å². The van der Waals surface area contributed by atoms with E-state index in [4.69, 9.17) is 9.73 Å². The highest BCUT2D eigenvalue weighted by Gasteiger charge is 2.10. The van der Waals surface area contributed by atoms with E-state index in [2.05, 4.69) is 29.6 Å². The average molecular weight is 343 g/mol. The van der Waals surface area contributed by atoms with Gasteiger partial charge in [0.05, 0.1) is 18.8 Å². The Balaban J connectivity index is 2.08. The van der Waals surface area contributed by atoms with Gasteiger partial charge in [0, 0.05) is 37.0 Å². The highest BCUT2D eigenvalue weighted by molar-refractivity contribution is 5.79. The van der Waals surface area contributed by atoms with Crippen molar-refractivity contribution in [1.29, 1.82) is 0 Å². The van der Waals surface area contributed by atoms with Gasteiger partial charge in [0.15, 0.2) is 5.96 Å². The Morgan fingerprint density at radius 2 is 1.96 bits per heavy atom. The average Bonchev–Trinajstić information content (AvgIpc) is 2.84. The summed E-state index contributed by atoms with van der Waals surface area (Å²) in [6.45, 7) is 10.9. The Morgan fingerprint density at radius 1 is 1.20 bits per heavy atom. The molecular weight excluding hydrogens is 314 g/mol. The molecule has 6 nitrogen and oxygen atoms in total. The summed E-state index contributed by atoms with van der Waals surface area (Å²) in [7, 11) is 1.97. The zero-order valence-corrected chi connectivity index (χ0v) is 15.9. The molecular formula is C19H29N5O. The van der Waals surface area contributed by atoms with Gasteiger partial charge in [-0.25, -0.2) is 4.99 Å². The Labute approximate surface area is 150 Å². The molecule has 0 fully saturated rings. The minimum absolute atomic E-state index is 0.566. The lowest BCUT2D eigenvalue weighted by Gasteiger charge is -2.13. The zero-order chi connectivity index (χ0) is 18.2. The number of nitrogens with one attached hydrogen (secondary N) is 2. The molecule has 0 spiro atoms. The smallest absolute Gasteiger partial charge is 0.191 e. The van der Waals surface area contributed by atoms with Crippen LogP contribution < -0.4 is 15.4 Å². The van der Waals surface area contributed by atoms with E-state index in [9.17, 15) is 0 Å². The van der Waals surface area contributed by atoms with E-state index in [0.717, 1.165) is 29.5 Å². The molecule has 25 heavy (non-hydrogen) atoms. The van der Waals surface area contributed by atoms with Gasteiger partial charge in [0.1, 0.15) is 5.75 Å². The number of aryl methyl sites for hydroxylation is 2. The Morgan fingerprint density at radius 3 is 2.60 bits per heavy atom. The number of benzene rings is 1. The van der Waals surface area contributed by atoms with Crippen molar-refractivity contribution in [2.45, 2.75) is 40.8 Å². The van der Waals surface area contributed by atoms with Crippen LogP contribution in [0.15, 0.2) is 29.3 Å². The molecule has 1 aromatic carbocycles. The summed E-state index contributed by atoms with van der Waals surface area (Å²) in [6.07, 6.45) is 0. The molecule has 0 aliphatic rings. The minimum Gasteiger partial charge on any atom is -0.494 e. The second-order valence-corrected chi connectivity index (χ2v) is 5.86. The van der Waals surface area contributed by atoms with Crippen molar-refractivity contribution in [3.05, 3.63) is 46.8 Å². The van der Waals surface area contributed by atoms with Crippen LogP contribution in [0.25, 0.3) is 0 Å². The van der Waals surface area contributed by atoms with Crippen molar-refractivity contribution in [2.24, 2.45) is 12.0 Å². The van der Waals surface area contributed by atoms with Crippen molar-refractivity contribution >= 4 is 5.96 Å². The SMILES string of the molecule is CCNC(=NCc1ccccc1OCC)NCc1c(C)nn(C)c1C. The maximum Gasteiger partial charge on any atom is 0.191 e. The highest BCUT2D eigenvalue weighted by atomic mass is 16.5. The normalized spacial score (nSPS) is 11.5. The Hall–Kier alpha value is -2.50. The molecule has 136 valence electrons. The van der Waals surface area contributed by atoms with E-state index in [1.165, 1.54) is 11.3 Å². The van der Waals surface area contributed by atoms with Crippen LogP contribution in [0.5, 0.6) is 5.75 Å². The van der Waals surface area contributed by atoms with Crippen LogP contribution in [0.1, 0.15) is 36.4 Å². The molecule has 2 rings (SSSR count). The maximum atomic E-state index is 5.67. The van der Waals surface area contributed by atoms with Crippen LogP contribution in [0, 0.1) is 13.8 Å². The number of guanidine groups is 1. The molecule has 0 radical (unpaired) electrons. The Kier molecular flexibility index (Phi) is 6.86. The van der Waals surface area contributed by atoms with E-state index in [1.807, 2.05) is 49.8 Å². The van der Waals surface area contributed by atoms with Crippen LogP contribution in [0.4, 0.5) is 0 Å². The first-order chi connectivity index (χ1) is 12.1. The van der Waals surface area contributed by atoms with Crippen molar-refractivity contribution in [3.63, 3.8) is 0 Å². The fourth-order valence-electron chi connectivity index (χ4n) is 2.68. The lowest BCUT2D eigenvalue weighted by Crippen LogP contribution is -2.37. The summed E-state index contributed by atoms with van der Waals surface area (Å²) < 4.78 is 7.58. The van der Waals surface area contributed by atoms with Crippen LogP contribution in [-0.2, 0) is 20.1 Å². The highest BCUT2D eigenvalue weighted by Crippen LogP contribution is 2.18. The molecule has 0 unspecified atom stereocenters. The number of para-hydroxylation sites is 1. The maximum absolute atomic E-state index is 5.67. The van der Waals surface area contributed by atoms with Gasteiger partial charge < -0.3 is 15.4 Å². The predicted octanol–water partition coefficient (Wildman–Crippen LogP) is 2.69. The van der Waals surface area contributed by atoms with Gasteiger partial charge in [-0.3, -0.25) is 4.68 Å². The molecule has 0 amide bonds. The molecule has 0 aliphatic carbocycles. The van der Waals surface area contributed by atoms with Crippen molar-refractivity contribution < 1.29 is 4.74 Å². The van der Waals surface area contributed by atoms with Gasteiger partial charge in [-0.2, -0.15) is 5.10 Å². The second-order valence-electron chi connectivity index (χ2n) is 5.86. The van der Waals surface area contributed by atoms with Gasteiger partial charge in [-0.15, -0.1) is 0 Å². The van der Waals surface area contributed by atoms with E-state index in [-0.39, 0.29) is 0 Å². The summed E-state index contributed by atoms with van der Waals surface area (Å²) in [5.41, 5.74) is 4.51. The first-order valence-electron chi connectivity index (χ1n) is 8.78. The molecule has 2 aromatic rings. The molecule has 1 heterocycles. The van der Waals surface area contributed by atoms with Crippen LogP contribution in [-0.4, -0.2) is 28.9 Å². The van der Waals surface area contributed by atoms with E-state index < -0.39 is 0 Å². The van der Waals surface area contributed by atoms with Crippen LogP contribution in [0.3, 0.4) is 0 Å². The van der Waals surface area contributed by atoms with Crippen molar-refractivity contribution in [1.82, 2.24) is 20.4 Å². The third-order valence-electron chi connectivity index (χ3n) is 4.12. The van der Waals surface area contributed by atoms with Gasteiger partial charge >= 0.3 is 0 Å². The van der Waals surface area contributed by atoms with Gasteiger partial charge in [0.25, 0.3) is 0 Å². The lowest BCUT2D eigenvalue weighted by atomic mass is 10.2. The number of aliphatic imine (C=N–C) groups is 1. The Bertz CT molecular complexity index is 721. The van der Waals surface area contributed by atoms with Crippen LogP contribution >= 0.6 is 0 Å². The summed E-state index contributed by atoms with van der Waals surface area (Å²) in [4.78, 5) is 4.70. The van der Waals surface area contributed by atoms with E-state index in [0.29, 0.717) is 19.7 Å². The number of rotatable bonds is 7. The molecule has 0 bridgehead atoms. The third-order valence-corrected chi connectivity index (χ3v) is 4.12. The van der Waals surface area contributed by atoms with Crippen LogP contribution in [0.2, 0.25) is 0 Å². The van der Waals surface area contributed by atoms with Gasteiger partial charge in [-0.05, 0) is 33.8 Å². The fraction of sp³-hybridized carbons (Fsp3) is 0.474. The lowest BCUT2D eigenvalue weighted by molar-refractivity contribution is 0.336. The molecule has 1 aromatic heterocycles. The number of aromatic nitrogens is 2. The molecule has 2 N–H and O–H groups in total. The molecule has 0 saturated carbocycles. The molecule has 0 aliphatic heterocycles. The monoisotopic (exact) mass is 343 g/mol. The minimum atomic E-state index is 0.566. The largest absolute Gasteiger partial charge is 0.494 e. The number of hydrogen-bond donors (Lipinski definition) is 2. The van der Waals surface area contributed by atoms with Crippen molar-refractivity contribution in [2.75, 3.05) is 13.2 Å². The topological polar surface area (TPSA) is 63.5 Å². The predicted molar refractivity (Wildman–Crippen MR) is 102 cm³/mol. The molecule has 0 saturated heterocycles. The molecule has 6 heteroatoms. The third kappa shape index (κ3) is 4.98. The zero-order valence-electron chi connectivity index (χ0n) is 15.9. The quantitative estimate of drug-likeness (QED) is 0.599. The fourth-order valence-corrected chi connectivity index (χ4v) is 2.68. The van der Waals surface area contributed by atoms with Gasteiger partial charge in [0.2, 0.25) is 0 Å². The number of nitrogens with zero attached hydrogens (tertiary/aromatic N) is 3. The summed E-state index contributed by atoms with van der Waals surface area (Å²) >= 11 is 0.